The Kier molecular flexibility index (Phi) is 2.91. The molecule has 0 spiro atoms. The zero-order valence-corrected chi connectivity index (χ0v) is 10.5. The van der Waals surface area contributed by atoms with Gasteiger partial charge in [-0.25, -0.2) is 0 Å². The first-order chi connectivity index (χ1) is 8.22. The Balaban J connectivity index is 1.65. The summed E-state index contributed by atoms with van der Waals surface area (Å²) in [5, 5.41) is 10.3. The van der Waals surface area contributed by atoms with Crippen molar-refractivity contribution in [3.8, 4) is 0 Å². The molecule has 1 heterocycles. The minimum absolute atomic E-state index is 0.313. The van der Waals surface area contributed by atoms with Crippen LogP contribution >= 0.6 is 0 Å². The topological polar surface area (TPSA) is 33.1 Å². The zero-order chi connectivity index (χ0) is 11.8. The molecule has 2 nitrogen and oxygen atoms in total. The van der Waals surface area contributed by atoms with E-state index >= 15 is 0 Å². The molecule has 2 saturated carbocycles. The van der Waals surface area contributed by atoms with E-state index in [4.69, 9.17) is 0 Å². The van der Waals surface area contributed by atoms with Crippen molar-refractivity contribution in [3.63, 3.8) is 0 Å². The van der Waals surface area contributed by atoms with Gasteiger partial charge in [0.25, 0.3) is 0 Å². The SMILES string of the molecule is Cc1cncc(C(O)CC2CC3CCC2C3)c1. The third-order valence-corrected chi connectivity index (χ3v) is 4.69. The van der Waals surface area contributed by atoms with Gasteiger partial charge in [-0.05, 0) is 61.5 Å². The third-order valence-electron chi connectivity index (χ3n) is 4.69. The summed E-state index contributed by atoms with van der Waals surface area (Å²) in [6, 6.07) is 2.06. The summed E-state index contributed by atoms with van der Waals surface area (Å²) in [4.78, 5) is 4.17. The Hall–Kier alpha value is -0.890. The number of nitrogens with zero attached hydrogens (tertiary/aromatic N) is 1. The highest BCUT2D eigenvalue weighted by Crippen LogP contribution is 2.50. The predicted molar refractivity (Wildman–Crippen MR) is 67.5 cm³/mol. The van der Waals surface area contributed by atoms with Gasteiger partial charge in [0.2, 0.25) is 0 Å². The molecular formula is C15H21NO. The fourth-order valence-electron chi connectivity index (χ4n) is 3.85. The molecule has 2 aliphatic rings. The van der Waals surface area contributed by atoms with E-state index in [0.29, 0.717) is 0 Å². The van der Waals surface area contributed by atoms with Gasteiger partial charge >= 0.3 is 0 Å². The van der Waals surface area contributed by atoms with Gasteiger partial charge in [-0.15, -0.1) is 0 Å². The molecule has 2 bridgehead atoms. The van der Waals surface area contributed by atoms with Crippen molar-refractivity contribution in [1.82, 2.24) is 4.98 Å². The Morgan fingerprint density at radius 3 is 2.88 bits per heavy atom. The monoisotopic (exact) mass is 231 g/mol. The predicted octanol–water partition coefficient (Wildman–Crippen LogP) is 3.25. The minimum Gasteiger partial charge on any atom is -0.388 e. The van der Waals surface area contributed by atoms with Crippen molar-refractivity contribution in [3.05, 3.63) is 29.6 Å². The summed E-state index contributed by atoms with van der Waals surface area (Å²) in [6.45, 7) is 2.03. The van der Waals surface area contributed by atoms with Crippen molar-refractivity contribution in [2.75, 3.05) is 0 Å². The van der Waals surface area contributed by atoms with E-state index in [1.165, 1.54) is 25.7 Å². The molecule has 92 valence electrons. The highest BCUT2D eigenvalue weighted by atomic mass is 16.3. The Morgan fingerprint density at radius 1 is 1.35 bits per heavy atom. The zero-order valence-electron chi connectivity index (χ0n) is 10.5. The molecule has 4 unspecified atom stereocenters. The smallest absolute Gasteiger partial charge is 0.0807 e. The normalized spacial score (nSPS) is 32.9. The van der Waals surface area contributed by atoms with Crippen LogP contribution in [-0.4, -0.2) is 10.1 Å². The number of hydrogen-bond acceptors (Lipinski definition) is 2. The van der Waals surface area contributed by atoms with E-state index in [0.717, 1.165) is 35.3 Å². The average Bonchev–Trinajstić information content (AvgIpc) is 2.91. The maximum Gasteiger partial charge on any atom is 0.0807 e. The van der Waals surface area contributed by atoms with Gasteiger partial charge in [0, 0.05) is 12.4 Å². The standard InChI is InChI=1S/C15H21NO/c1-10-4-14(9-16-8-10)15(17)7-13-6-11-2-3-12(13)5-11/h4,8-9,11-13,15,17H,2-3,5-7H2,1H3. The summed E-state index contributed by atoms with van der Waals surface area (Å²) in [6.07, 6.45) is 9.87. The van der Waals surface area contributed by atoms with Crippen molar-refractivity contribution in [1.29, 1.82) is 0 Å². The molecule has 3 rings (SSSR count). The first-order valence-electron chi connectivity index (χ1n) is 6.82. The highest BCUT2D eigenvalue weighted by Gasteiger charge is 2.40. The molecule has 17 heavy (non-hydrogen) atoms. The molecule has 2 heteroatoms. The molecule has 1 N–H and O–H groups in total. The molecule has 0 saturated heterocycles. The number of aliphatic hydroxyl groups excluding tert-OH is 1. The number of aliphatic hydroxyl groups is 1. The maximum atomic E-state index is 10.3. The average molecular weight is 231 g/mol. The number of aryl methyl sites for hydroxylation is 1. The maximum absolute atomic E-state index is 10.3. The lowest BCUT2D eigenvalue weighted by atomic mass is 9.84. The van der Waals surface area contributed by atoms with Crippen LogP contribution in [0.4, 0.5) is 0 Å². The van der Waals surface area contributed by atoms with E-state index < -0.39 is 0 Å². The van der Waals surface area contributed by atoms with Crippen LogP contribution in [0.2, 0.25) is 0 Å². The van der Waals surface area contributed by atoms with Crippen LogP contribution in [0.1, 0.15) is 49.3 Å². The van der Waals surface area contributed by atoms with Gasteiger partial charge in [0.15, 0.2) is 0 Å². The molecule has 1 aromatic rings. The van der Waals surface area contributed by atoms with Crippen LogP contribution in [0, 0.1) is 24.7 Å². The summed E-state index contributed by atoms with van der Waals surface area (Å²) in [7, 11) is 0. The van der Waals surface area contributed by atoms with Crippen LogP contribution in [0.5, 0.6) is 0 Å². The molecule has 0 radical (unpaired) electrons. The van der Waals surface area contributed by atoms with Crippen molar-refractivity contribution >= 4 is 0 Å². The first kappa shape index (κ1) is 11.2. The van der Waals surface area contributed by atoms with Gasteiger partial charge in [0.1, 0.15) is 0 Å². The van der Waals surface area contributed by atoms with E-state index in [-0.39, 0.29) is 6.10 Å². The quantitative estimate of drug-likeness (QED) is 0.866. The molecule has 0 aliphatic heterocycles. The van der Waals surface area contributed by atoms with E-state index in [9.17, 15) is 5.11 Å². The van der Waals surface area contributed by atoms with Crippen LogP contribution in [-0.2, 0) is 0 Å². The second-order valence-electron chi connectivity index (χ2n) is 5.98. The third kappa shape index (κ3) is 2.23. The van der Waals surface area contributed by atoms with Crippen LogP contribution in [0.3, 0.4) is 0 Å². The summed E-state index contributed by atoms with van der Waals surface area (Å²) >= 11 is 0. The van der Waals surface area contributed by atoms with Crippen molar-refractivity contribution in [2.24, 2.45) is 17.8 Å². The molecule has 0 amide bonds. The largest absolute Gasteiger partial charge is 0.388 e. The van der Waals surface area contributed by atoms with Crippen LogP contribution in [0.25, 0.3) is 0 Å². The highest BCUT2D eigenvalue weighted by molar-refractivity contribution is 5.19. The molecule has 0 aromatic carbocycles. The number of hydrogen-bond donors (Lipinski definition) is 1. The molecule has 4 atom stereocenters. The van der Waals surface area contributed by atoms with E-state index in [1.807, 2.05) is 19.3 Å². The lowest BCUT2D eigenvalue weighted by Gasteiger charge is -2.24. The van der Waals surface area contributed by atoms with Gasteiger partial charge in [0.05, 0.1) is 6.10 Å². The lowest BCUT2D eigenvalue weighted by molar-refractivity contribution is 0.125. The van der Waals surface area contributed by atoms with Gasteiger partial charge in [-0.1, -0.05) is 12.5 Å². The Labute approximate surface area is 103 Å². The van der Waals surface area contributed by atoms with Gasteiger partial charge in [-0.3, -0.25) is 4.98 Å². The van der Waals surface area contributed by atoms with Crippen molar-refractivity contribution in [2.45, 2.75) is 45.1 Å². The fourth-order valence-corrected chi connectivity index (χ4v) is 3.85. The van der Waals surface area contributed by atoms with Crippen LogP contribution < -0.4 is 0 Å². The second kappa shape index (κ2) is 4.41. The summed E-state index contributed by atoms with van der Waals surface area (Å²) < 4.78 is 0. The number of aromatic nitrogens is 1. The Morgan fingerprint density at radius 2 is 2.24 bits per heavy atom. The molecule has 2 aliphatic carbocycles. The fraction of sp³-hybridized carbons (Fsp3) is 0.667. The minimum atomic E-state index is -0.313. The molecule has 2 fully saturated rings. The van der Waals surface area contributed by atoms with Gasteiger partial charge < -0.3 is 5.11 Å². The summed E-state index contributed by atoms with van der Waals surface area (Å²) in [5.74, 6) is 2.62. The first-order valence-corrected chi connectivity index (χ1v) is 6.82. The lowest BCUT2D eigenvalue weighted by Crippen LogP contribution is -2.14. The summed E-state index contributed by atoms with van der Waals surface area (Å²) in [5.41, 5.74) is 2.13. The molecule has 1 aromatic heterocycles. The molecular weight excluding hydrogens is 210 g/mol. The number of pyridine rings is 1. The van der Waals surface area contributed by atoms with Crippen LogP contribution in [0.15, 0.2) is 18.5 Å². The Bertz CT molecular complexity index is 404. The van der Waals surface area contributed by atoms with Crippen molar-refractivity contribution < 1.29 is 5.11 Å². The number of fused-ring (bicyclic) bond motifs is 2. The van der Waals surface area contributed by atoms with Gasteiger partial charge in [-0.2, -0.15) is 0 Å². The van der Waals surface area contributed by atoms with E-state index in [1.54, 1.807) is 0 Å². The van der Waals surface area contributed by atoms with E-state index in [2.05, 4.69) is 11.1 Å². The number of rotatable bonds is 3. The second-order valence-corrected chi connectivity index (χ2v) is 5.98.